The first kappa shape index (κ1) is 14.4. The van der Waals surface area contributed by atoms with E-state index in [1.165, 1.54) is 25.4 Å². The average molecular weight is 316 g/mol. The Labute approximate surface area is 134 Å². The number of hydrogen-bond donors (Lipinski definition) is 0. The Morgan fingerprint density at radius 2 is 2.17 bits per heavy atom. The van der Waals surface area contributed by atoms with E-state index in [1.807, 2.05) is 4.90 Å². The number of carbonyl (C=O) groups excluding carboxylic acids is 1. The van der Waals surface area contributed by atoms with Crippen LogP contribution in [0.2, 0.25) is 0 Å². The highest BCUT2D eigenvalue weighted by Crippen LogP contribution is 2.38. The molecule has 2 aromatic rings. The third-order valence-corrected chi connectivity index (χ3v) is 4.43. The van der Waals surface area contributed by atoms with Gasteiger partial charge in [0.05, 0.1) is 18.4 Å². The summed E-state index contributed by atoms with van der Waals surface area (Å²) in [6, 6.07) is 1.71. The van der Waals surface area contributed by atoms with Crippen LogP contribution in [0.5, 0.6) is 0 Å². The molecule has 0 bridgehead atoms. The van der Waals surface area contributed by atoms with Crippen molar-refractivity contribution < 1.29 is 13.7 Å². The second-order valence-electron chi connectivity index (χ2n) is 6.25. The zero-order valence-electron chi connectivity index (χ0n) is 13.0. The Morgan fingerprint density at radius 1 is 1.26 bits per heavy atom. The molecular weight excluding hydrogens is 296 g/mol. The largest absolute Gasteiger partial charge is 0.472 e. The number of amides is 1. The monoisotopic (exact) mass is 316 g/mol. The highest BCUT2D eigenvalue weighted by Gasteiger charge is 2.29. The van der Waals surface area contributed by atoms with Crippen LogP contribution in [0.25, 0.3) is 0 Å². The molecule has 2 fully saturated rings. The van der Waals surface area contributed by atoms with Gasteiger partial charge in [0.2, 0.25) is 5.89 Å². The molecule has 23 heavy (non-hydrogen) atoms. The van der Waals surface area contributed by atoms with Crippen LogP contribution in [0.4, 0.5) is 0 Å². The first-order valence-corrected chi connectivity index (χ1v) is 8.16. The first-order chi connectivity index (χ1) is 11.3. The minimum atomic E-state index is 0.0365. The highest BCUT2D eigenvalue weighted by molar-refractivity contribution is 5.93. The summed E-state index contributed by atoms with van der Waals surface area (Å²) < 4.78 is 10.3. The summed E-state index contributed by atoms with van der Waals surface area (Å²) in [4.78, 5) is 21.0. The summed E-state index contributed by atoms with van der Waals surface area (Å²) in [5, 5.41) is 4.06. The second kappa shape index (κ2) is 6.16. The van der Waals surface area contributed by atoms with E-state index >= 15 is 0 Å². The van der Waals surface area contributed by atoms with Gasteiger partial charge in [0.15, 0.2) is 5.82 Å². The molecule has 4 rings (SSSR count). The topological polar surface area (TPSA) is 75.6 Å². The van der Waals surface area contributed by atoms with Gasteiger partial charge in [-0.05, 0) is 25.3 Å². The Balaban J connectivity index is 1.34. The standard InChI is InChI=1S/C16H20N4O3/c21-16(13-4-9-22-11-13)20-6-1-5-19(7-8-20)10-14-17-15(18-23-14)12-2-3-12/h4,9,11-12H,1-3,5-8,10H2. The molecule has 0 radical (unpaired) electrons. The Bertz CT molecular complexity index is 663. The van der Waals surface area contributed by atoms with Gasteiger partial charge < -0.3 is 13.8 Å². The molecule has 2 aromatic heterocycles. The third-order valence-electron chi connectivity index (χ3n) is 4.43. The SMILES string of the molecule is O=C(c1ccoc1)N1CCCN(Cc2nc(C3CC3)no2)CC1. The van der Waals surface area contributed by atoms with Gasteiger partial charge in [0.25, 0.3) is 5.91 Å². The fourth-order valence-electron chi connectivity index (χ4n) is 2.93. The van der Waals surface area contributed by atoms with Gasteiger partial charge in [-0.1, -0.05) is 5.16 Å². The van der Waals surface area contributed by atoms with Gasteiger partial charge in [-0.2, -0.15) is 4.98 Å². The molecule has 1 aliphatic carbocycles. The van der Waals surface area contributed by atoms with E-state index in [4.69, 9.17) is 8.94 Å². The number of nitrogens with zero attached hydrogens (tertiary/aromatic N) is 4. The van der Waals surface area contributed by atoms with Crippen LogP contribution in [-0.4, -0.2) is 52.0 Å². The summed E-state index contributed by atoms with van der Waals surface area (Å²) in [5.74, 6) is 2.09. The van der Waals surface area contributed by atoms with Gasteiger partial charge in [0, 0.05) is 32.1 Å². The van der Waals surface area contributed by atoms with E-state index < -0.39 is 0 Å². The number of rotatable bonds is 4. The van der Waals surface area contributed by atoms with Crippen LogP contribution in [0.3, 0.4) is 0 Å². The van der Waals surface area contributed by atoms with Gasteiger partial charge >= 0.3 is 0 Å². The van der Waals surface area contributed by atoms with E-state index in [0.717, 1.165) is 31.9 Å². The van der Waals surface area contributed by atoms with Gasteiger partial charge in [-0.15, -0.1) is 0 Å². The lowest BCUT2D eigenvalue weighted by Crippen LogP contribution is -2.34. The number of hydrogen-bond acceptors (Lipinski definition) is 6. The summed E-state index contributed by atoms with van der Waals surface area (Å²) in [6.07, 6.45) is 6.32. The molecule has 3 heterocycles. The lowest BCUT2D eigenvalue weighted by molar-refractivity contribution is 0.0760. The van der Waals surface area contributed by atoms with Crippen LogP contribution in [0.1, 0.15) is 47.3 Å². The quantitative estimate of drug-likeness (QED) is 0.857. The van der Waals surface area contributed by atoms with Gasteiger partial charge in [0.1, 0.15) is 6.26 Å². The molecule has 0 atom stereocenters. The predicted molar refractivity (Wildman–Crippen MR) is 80.8 cm³/mol. The van der Waals surface area contributed by atoms with Crippen molar-refractivity contribution in [1.29, 1.82) is 0 Å². The van der Waals surface area contributed by atoms with Crippen molar-refractivity contribution in [2.45, 2.75) is 31.7 Å². The van der Waals surface area contributed by atoms with E-state index in [1.54, 1.807) is 6.07 Å². The van der Waals surface area contributed by atoms with Crippen molar-refractivity contribution in [2.75, 3.05) is 26.2 Å². The zero-order valence-corrected chi connectivity index (χ0v) is 13.0. The molecule has 1 amide bonds. The molecule has 0 spiro atoms. The van der Waals surface area contributed by atoms with Crippen molar-refractivity contribution in [2.24, 2.45) is 0 Å². The van der Waals surface area contributed by atoms with Crippen molar-refractivity contribution >= 4 is 5.91 Å². The lowest BCUT2D eigenvalue weighted by Gasteiger charge is -2.20. The van der Waals surface area contributed by atoms with Crippen LogP contribution in [0, 0.1) is 0 Å². The minimum Gasteiger partial charge on any atom is -0.472 e. The maximum atomic E-state index is 12.4. The fourth-order valence-corrected chi connectivity index (χ4v) is 2.93. The maximum Gasteiger partial charge on any atom is 0.257 e. The summed E-state index contributed by atoms with van der Waals surface area (Å²) in [5.41, 5.74) is 0.615. The summed E-state index contributed by atoms with van der Waals surface area (Å²) in [6.45, 7) is 3.86. The van der Waals surface area contributed by atoms with Gasteiger partial charge in [-0.25, -0.2) is 0 Å². The molecule has 122 valence electrons. The Hall–Kier alpha value is -2.15. The summed E-state index contributed by atoms with van der Waals surface area (Å²) >= 11 is 0. The van der Waals surface area contributed by atoms with E-state index in [0.29, 0.717) is 30.5 Å². The predicted octanol–water partition coefficient (Wildman–Crippen LogP) is 1.89. The van der Waals surface area contributed by atoms with Crippen LogP contribution >= 0.6 is 0 Å². The molecule has 1 saturated heterocycles. The van der Waals surface area contributed by atoms with Crippen molar-refractivity contribution in [3.05, 3.63) is 35.9 Å². The fraction of sp³-hybridized carbons (Fsp3) is 0.562. The minimum absolute atomic E-state index is 0.0365. The molecule has 7 heteroatoms. The smallest absolute Gasteiger partial charge is 0.257 e. The first-order valence-electron chi connectivity index (χ1n) is 8.16. The summed E-state index contributed by atoms with van der Waals surface area (Å²) in [7, 11) is 0. The molecule has 0 unspecified atom stereocenters. The zero-order chi connectivity index (χ0) is 15.6. The van der Waals surface area contributed by atoms with Crippen LogP contribution in [0.15, 0.2) is 27.5 Å². The Kier molecular flexibility index (Phi) is 3.87. The molecule has 0 N–H and O–H groups in total. The van der Waals surface area contributed by atoms with Crippen molar-refractivity contribution in [3.63, 3.8) is 0 Å². The van der Waals surface area contributed by atoms with Crippen LogP contribution < -0.4 is 0 Å². The molecule has 2 aliphatic rings. The van der Waals surface area contributed by atoms with E-state index in [-0.39, 0.29) is 5.91 Å². The molecule has 1 aliphatic heterocycles. The van der Waals surface area contributed by atoms with E-state index in [9.17, 15) is 4.79 Å². The van der Waals surface area contributed by atoms with Crippen LogP contribution in [-0.2, 0) is 6.54 Å². The molecule has 1 saturated carbocycles. The number of carbonyl (C=O) groups is 1. The van der Waals surface area contributed by atoms with E-state index in [2.05, 4.69) is 15.0 Å². The number of furan rings is 1. The molecule has 7 nitrogen and oxygen atoms in total. The Morgan fingerprint density at radius 3 is 2.96 bits per heavy atom. The molecular formula is C16H20N4O3. The highest BCUT2D eigenvalue weighted by atomic mass is 16.5. The van der Waals surface area contributed by atoms with Gasteiger partial charge in [-0.3, -0.25) is 9.69 Å². The molecule has 0 aromatic carbocycles. The van der Waals surface area contributed by atoms with Crippen molar-refractivity contribution in [1.82, 2.24) is 19.9 Å². The van der Waals surface area contributed by atoms with Crippen molar-refractivity contribution in [3.8, 4) is 0 Å². The maximum absolute atomic E-state index is 12.4. The lowest BCUT2D eigenvalue weighted by atomic mass is 10.3. The third kappa shape index (κ3) is 3.29. The number of aromatic nitrogens is 2. The second-order valence-corrected chi connectivity index (χ2v) is 6.25. The normalized spacial score (nSPS) is 19.7. The average Bonchev–Trinajstić information content (AvgIpc) is 3.14.